The van der Waals surface area contributed by atoms with Gasteiger partial charge in [0.1, 0.15) is 5.76 Å². The van der Waals surface area contributed by atoms with Gasteiger partial charge in [-0.2, -0.15) is 0 Å². The summed E-state index contributed by atoms with van der Waals surface area (Å²) in [6.45, 7) is 5.88. The van der Waals surface area contributed by atoms with Crippen LogP contribution in [0.5, 0.6) is 0 Å². The van der Waals surface area contributed by atoms with E-state index in [0.29, 0.717) is 18.9 Å². The van der Waals surface area contributed by atoms with Gasteiger partial charge in [-0.1, -0.05) is 29.8 Å². The van der Waals surface area contributed by atoms with Gasteiger partial charge in [0, 0.05) is 19.9 Å². The van der Waals surface area contributed by atoms with Crippen LogP contribution in [0.25, 0.3) is 0 Å². The Morgan fingerprint density at radius 1 is 1.24 bits per heavy atom. The van der Waals surface area contributed by atoms with Crippen LogP contribution in [-0.4, -0.2) is 19.9 Å². The van der Waals surface area contributed by atoms with Crippen molar-refractivity contribution < 1.29 is 12.8 Å². The standard InChI is InChI=1S/C15H20N2O3S/c1-11-5-4-6-14(9-11)10-21(18,19)16-8-7-15-12(2)17-13(3)20-15/h4-6,9,16H,7-8,10H2,1-3H3. The summed E-state index contributed by atoms with van der Waals surface area (Å²) < 4.78 is 32.1. The van der Waals surface area contributed by atoms with Crippen LogP contribution in [-0.2, 0) is 22.2 Å². The second-order valence-electron chi connectivity index (χ2n) is 5.13. The van der Waals surface area contributed by atoms with Crippen LogP contribution in [0, 0.1) is 20.8 Å². The maximum Gasteiger partial charge on any atom is 0.215 e. The van der Waals surface area contributed by atoms with E-state index < -0.39 is 10.0 Å². The lowest BCUT2D eigenvalue weighted by atomic mass is 10.2. The van der Waals surface area contributed by atoms with Crippen LogP contribution in [0.3, 0.4) is 0 Å². The van der Waals surface area contributed by atoms with E-state index in [-0.39, 0.29) is 5.75 Å². The van der Waals surface area contributed by atoms with E-state index in [1.54, 1.807) is 6.92 Å². The fraction of sp³-hybridized carbons (Fsp3) is 0.400. The smallest absolute Gasteiger partial charge is 0.215 e. The molecule has 21 heavy (non-hydrogen) atoms. The van der Waals surface area contributed by atoms with Gasteiger partial charge in [0.05, 0.1) is 11.4 Å². The van der Waals surface area contributed by atoms with Crippen molar-refractivity contribution in [3.63, 3.8) is 0 Å². The number of hydrogen-bond acceptors (Lipinski definition) is 4. The van der Waals surface area contributed by atoms with E-state index in [0.717, 1.165) is 22.6 Å². The molecular formula is C15H20N2O3S. The lowest BCUT2D eigenvalue weighted by Crippen LogP contribution is -2.27. The van der Waals surface area contributed by atoms with Crippen LogP contribution < -0.4 is 4.72 Å². The topological polar surface area (TPSA) is 72.2 Å². The highest BCUT2D eigenvalue weighted by Gasteiger charge is 2.13. The maximum absolute atomic E-state index is 12.0. The van der Waals surface area contributed by atoms with Crippen LogP contribution in [0.15, 0.2) is 28.7 Å². The number of sulfonamides is 1. The number of nitrogens with zero attached hydrogens (tertiary/aromatic N) is 1. The molecule has 0 unspecified atom stereocenters. The van der Waals surface area contributed by atoms with Crippen molar-refractivity contribution in [3.05, 3.63) is 52.7 Å². The fourth-order valence-electron chi connectivity index (χ4n) is 2.20. The van der Waals surface area contributed by atoms with Gasteiger partial charge < -0.3 is 4.42 Å². The van der Waals surface area contributed by atoms with E-state index >= 15 is 0 Å². The summed E-state index contributed by atoms with van der Waals surface area (Å²) in [4.78, 5) is 4.16. The molecule has 0 bridgehead atoms. The van der Waals surface area contributed by atoms with Crippen molar-refractivity contribution in [2.45, 2.75) is 32.9 Å². The van der Waals surface area contributed by atoms with Gasteiger partial charge in [-0.15, -0.1) is 0 Å². The molecule has 114 valence electrons. The molecule has 0 saturated heterocycles. The molecule has 0 radical (unpaired) electrons. The molecule has 2 rings (SSSR count). The summed E-state index contributed by atoms with van der Waals surface area (Å²) in [5, 5.41) is 0. The highest BCUT2D eigenvalue weighted by atomic mass is 32.2. The van der Waals surface area contributed by atoms with E-state index in [1.807, 2.05) is 38.1 Å². The second-order valence-corrected chi connectivity index (χ2v) is 6.94. The number of aromatic nitrogens is 1. The Morgan fingerprint density at radius 3 is 2.62 bits per heavy atom. The third-order valence-electron chi connectivity index (χ3n) is 3.11. The van der Waals surface area contributed by atoms with Gasteiger partial charge in [0.15, 0.2) is 5.89 Å². The van der Waals surface area contributed by atoms with Gasteiger partial charge in [-0.05, 0) is 19.4 Å². The molecule has 1 aromatic heterocycles. The van der Waals surface area contributed by atoms with Crippen LogP contribution >= 0.6 is 0 Å². The Kier molecular flexibility index (Phi) is 4.80. The van der Waals surface area contributed by atoms with Crippen molar-refractivity contribution >= 4 is 10.0 Å². The average molecular weight is 308 g/mol. The molecule has 0 aliphatic carbocycles. The zero-order valence-electron chi connectivity index (χ0n) is 12.5. The summed E-state index contributed by atoms with van der Waals surface area (Å²) in [5.41, 5.74) is 2.65. The SMILES string of the molecule is Cc1cccc(CS(=O)(=O)NCCc2oc(C)nc2C)c1. The molecule has 0 spiro atoms. The zero-order chi connectivity index (χ0) is 15.5. The number of hydrogen-bond donors (Lipinski definition) is 1. The zero-order valence-corrected chi connectivity index (χ0v) is 13.3. The molecule has 0 atom stereocenters. The van der Waals surface area contributed by atoms with Crippen molar-refractivity contribution in [1.82, 2.24) is 9.71 Å². The van der Waals surface area contributed by atoms with Crippen molar-refractivity contribution in [3.8, 4) is 0 Å². The average Bonchev–Trinajstić information content (AvgIpc) is 2.67. The molecule has 0 amide bonds. The summed E-state index contributed by atoms with van der Waals surface area (Å²) in [7, 11) is -3.34. The monoisotopic (exact) mass is 308 g/mol. The van der Waals surface area contributed by atoms with Crippen LogP contribution in [0.4, 0.5) is 0 Å². The Morgan fingerprint density at radius 2 is 2.00 bits per heavy atom. The first-order valence-electron chi connectivity index (χ1n) is 6.81. The summed E-state index contributed by atoms with van der Waals surface area (Å²) in [6, 6.07) is 7.50. The normalized spacial score (nSPS) is 11.8. The van der Waals surface area contributed by atoms with Gasteiger partial charge >= 0.3 is 0 Å². The molecule has 0 fully saturated rings. The van der Waals surface area contributed by atoms with E-state index in [4.69, 9.17) is 4.42 Å². The summed E-state index contributed by atoms with van der Waals surface area (Å²) in [5.74, 6) is 1.32. The van der Waals surface area contributed by atoms with Crippen molar-refractivity contribution in [2.75, 3.05) is 6.54 Å². The molecule has 1 aromatic carbocycles. The number of rotatable bonds is 6. The molecule has 0 aliphatic rings. The van der Waals surface area contributed by atoms with Crippen LogP contribution in [0.2, 0.25) is 0 Å². The predicted octanol–water partition coefficient (Wildman–Crippen LogP) is 2.26. The fourth-order valence-corrected chi connectivity index (χ4v) is 3.33. The molecule has 2 aromatic rings. The minimum absolute atomic E-state index is 0.0108. The first-order valence-corrected chi connectivity index (χ1v) is 8.47. The summed E-state index contributed by atoms with van der Waals surface area (Å²) in [6.07, 6.45) is 0.500. The third-order valence-corrected chi connectivity index (χ3v) is 4.47. The lowest BCUT2D eigenvalue weighted by Gasteiger charge is -2.07. The van der Waals surface area contributed by atoms with E-state index in [2.05, 4.69) is 9.71 Å². The van der Waals surface area contributed by atoms with Gasteiger partial charge in [0.25, 0.3) is 0 Å². The Labute approximate surface area is 125 Å². The predicted molar refractivity (Wildman–Crippen MR) is 81.5 cm³/mol. The van der Waals surface area contributed by atoms with Crippen molar-refractivity contribution in [2.24, 2.45) is 0 Å². The maximum atomic E-state index is 12.0. The van der Waals surface area contributed by atoms with Gasteiger partial charge in [-0.25, -0.2) is 18.1 Å². The molecule has 0 aliphatic heterocycles. The lowest BCUT2D eigenvalue weighted by molar-refractivity contribution is 0.472. The van der Waals surface area contributed by atoms with Crippen LogP contribution in [0.1, 0.15) is 28.5 Å². The number of nitrogens with one attached hydrogen (secondary N) is 1. The molecular weight excluding hydrogens is 288 g/mol. The molecule has 5 nitrogen and oxygen atoms in total. The number of oxazole rings is 1. The minimum atomic E-state index is -3.34. The molecule has 1 N–H and O–H groups in total. The van der Waals surface area contributed by atoms with E-state index in [9.17, 15) is 8.42 Å². The second kappa shape index (κ2) is 6.41. The minimum Gasteiger partial charge on any atom is -0.446 e. The summed E-state index contributed by atoms with van der Waals surface area (Å²) >= 11 is 0. The molecule has 1 heterocycles. The van der Waals surface area contributed by atoms with E-state index in [1.165, 1.54) is 0 Å². The Balaban J connectivity index is 1.91. The molecule has 6 heteroatoms. The van der Waals surface area contributed by atoms with Crippen molar-refractivity contribution in [1.29, 1.82) is 0 Å². The first-order chi connectivity index (χ1) is 9.85. The quantitative estimate of drug-likeness (QED) is 0.888. The molecule has 0 saturated carbocycles. The number of benzene rings is 1. The number of aryl methyl sites for hydroxylation is 3. The Hall–Kier alpha value is -1.66. The first kappa shape index (κ1) is 15.7. The largest absolute Gasteiger partial charge is 0.446 e. The van der Waals surface area contributed by atoms with Gasteiger partial charge in [-0.3, -0.25) is 0 Å². The highest BCUT2D eigenvalue weighted by molar-refractivity contribution is 7.88. The van der Waals surface area contributed by atoms with Gasteiger partial charge in [0.2, 0.25) is 10.0 Å². The Bertz CT molecular complexity index is 720. The highest BCUT2D eigenvalue weighted by Crippen LogP contribution is 2.10. The third kappa shape index (κ3) is 4.68.